The van der Waals surface area contributed by atoms with Crippen LogP contribution >= 0.6 is 0 Å². The highest BCUT2D eigenvalue weighted by Crippen LogP contribution is 2.34. The lowest BCUT2D eigenvalue weighted by atomic mass is 10.0. The van der Waals surface area contributed by atoms with Crippen molar-refractivity contribution in [3.05, 3.63) is 29.3 Å². The Labute approximate surface area is 116 Å². The van der Waals surface area contributed by atoms with Crippen LogP contribution in [-0.4, -0.2) is 23.8 Å². The molecule has 110 valence electrons. The number of halogens is 3. The summed E-state index contributed by atoms with van der Waals surface area (Å²) in [5, 5.41) is 18.5. The van der Waals surface area contributed by atoms with Crippen LogP contribution < -0.4 is 4.90 Å². The minimum atomic E-state index is -4.57. The van der Waals surface area contributed by atoms with Gasteiger partial charge in [-0.15, -0.1) is 0 Å². The number of nitrogens with zero attached hydrogens (tertiary/aromatic N) is 2. The van der Waals surface area contributed by atoms with Crippen molar-refractivity contribution in [3.63, 3.8) is 0 Å². The van der Waals surface area contributed by atoms with Crippen LogP contribution in [0.4, 0.5) is 18.9 Å². The van der Waals surface area contributed by atoms with Crippen LogP contribution in [0.2, 0.25) is 0 Å². The van der Waals surface area contributed by atoms with E-state index in [1.165, 1.54) is 6.07 Å². The molecule has 0 unspecified atom stereocenters. The molecule has 0 aliphatic carbocycles. The van der Waals surface area contributed by atoms with Crippen molar-refractivity contribution in [3.8, 4) is 6.07 Å². The zero-order valence-corrected chi connectivity index (χ0v) is 11.6. The SMILES string of the molecule is CCN(CC(C)(C)O)c1ccc(C#N)c(C(F)(F)F)c1. The molecule has 0 fully saturated rings. The van der Waals surface area contributed by atoms with Gasteiger partial charge in [0.1, 0.15) is 0 Å². The van der Waals surface area contributed by atoms with Gasteiger partial charge in [-0.25, -0.2) is 0 Å². The Bertz CT molecular complexity index is 513. The molecule has 1 rings (SSSR count). The van der Waals surface area contributed by atoms with Gasteiger partial charge in [0.25, 0.3) is 0 Å². The molecule has 0 radical (unpaired) electrons. The van der Waals surface area contributed by atoms with E-state index in [9.17, 15) is 18.3 Å². The summed E-state index contributed by atoms with van der Waals surface area (Å²) in [6, 6.07) is 5.12. The zero-order valence-electron chi connectivity index (χ0n) is 11.6. The first-order valence-electron chi connectivity index (χ1n) is 6.17. The molecule has 1 aromatic rings. The molecule has 20 heavy (non-hydrogen) atoms. The highest BCUT2D eigenvalue weighted by atomic mass is 19.4. The van der Waals surface area contributed by atoms with Crippen molar-refractivity contribution in [2.24, 2.45) is 0 Å². The molecule has 1 N–H and O–H groups in total. The van der Waals surface area contributed by atoms with E-state index in [1.54, 1.807) is 31.7 Å². The molecule has 0 aliphatic heterocycles. The lowest BCUT2D eigenvalue weighted by Gasteiger charge is -2.30. The highest BCUT2D eigenvalue weighted by molar-refractivity contribution is 5.55. The van der Waals surface area contributed by atoms with E-state index in [1.807, 2.05) is 0 Å². The van der Waals surface area contributed by atoms with Gasteiger partial charge >= 0.3 is 6.18 Å². The van der Waals surface area contributed by atoms with Crippen LogP contribution in [0.5, 0.6) is 0 Å². The number of nitriles is 1. The number of rotatable bonds is 4. The van der Waals surface area contributed by atoms with Gasteiger partial charge in [0.15, 0.2) is 0 Å². The summed E-state index contributed by atoms with van der Waals surface area (Å²) < 4.78 is 38.7. The predicted molar refractivity (Wildman–Crippen MR) is 70.3 cm³/mol. The van der Waals surface area contributed by atoms with E-state index in [0.29, 0.717) is 12.2 Å². The summed E-state index contributed by atoms with van der Waals surface area (Å²) in [4.78, 5) is 1.64. The number of hydrogen-bond donors (Lipinski definition) is 1. The highest BCUT2D eigenvalue weighted by Gasteiger charge is 2.34. The number of alkyl halides is 3. The summed E-state index contributed by atoms with van der Waals surface area (Å²) in [5.41, 5.74) is -2.05. The summed E-state index contributed by atoms with van der Waals surface area (Å²) in [6.07, 6.45) is -4.57. The summed E-state index contributed by atoms with van der Waals surface area (Å²) in [5.74, 6) is 0. The van der Waals surface area contributed by atoms with Crippen LogP contribution in [0.15, 0.2) is 18.2 Å². The minimum absolute atomic E-state index is 0.201. The molecule has 3 nitrogen and oxygen atoms in total. The first kappa shape index (κ1) is 16.3. The van der Waals surface area contributed by atoms with Gasteiger partial charge in [0, 0.05) is 18.8 Å². The Kier molecular flexibility index (Phi) is 4.66. The number of anilines is 1. The molecule has 0 saturated carbocycles. The first-order chi connectivity index (χ1) is 9.08. The molecule has 0 aliphatic rings. The average Bonchev–Trinajstić information content (AvgIpc) is 2.33. The van der Waals surface area contributed by atoms with Crippen molar-refractivity contribution in [1.82, 2.24) is 0 Å². The third kappa shape index (κ3) is 4.14. The standard InChI is InChI=1S/C14H17F3N2O/c1-4-19(9-13(2,3)20)11-6-5-10(8-18)12(7-11)14(15,16)17/h5-7,20H,4,9H2,1-3H3. The number of aliphatic hydroxyl groups is 1. The second-order valence-electron chi connectivity index (χ2n) is 5.17. The second kappa shape index (κ2) is 5.71. The molecule has 0 spiro atoms. The van der Waals surface area contributed by atoms with E-state index >= 15 is 0 Å². The third-order valence-electron chi connectivity index (χ3n) is 2.75. The lowest BCUT2D eigenvalue weighted by molar-refractivity contribution is -0.137. The van der Waals surface area contributed by atoms with E-state index in [-0.39, 0.29) is 6.54 Å². The third-order valence-corrected chi connectivity index (χ3v) is 2.75. The molecule has 1 aromatic carbocycles. The average molecular weight is 286 g/mol. The quantitative estimate of drug-likeness (QED) is 0.924. The van der Waals surface area contributed by atoms with Gasteiger partial charge < -0.3 is 10.0 Å². The molecule has 0 saturated heterocycles. The van der Waals surface area contributed by atoms with Crippen LogP contribution in [-0.2, 0) is 6.18 Å². The van der Waals surface area contributed by atoms with Gasteiger partial charge in [0.05, 0.1) is 22.8 Å². The molecule has 0 atom stereocenters. The molecular weight excluding hydrogens is 269 g/mol. The van der Waals surface area contributed by atoms with Gasteiger partial charge in [0.2, 0.25) is 0 Å². The van der Waals surface area contributed by atoms with Gasteiger partial charge in [-0.05, 0) is 39.0 Å². The first-order valence-corrected chi connectivity index (χ1v) is 6.17. The molecule has 0 bridgehead atoms. The van der Waals surface area contributed by atoms with Crippen molar-refractivity contribution < 1.29 is 18.3 Å². The number of benzene rings is 1. The summed E-state index contributed by atoms with van der Waals surface area (Å²) >= 11 is 0. The monoisotopic (exact) mass is 286 g/mol. The van der Waals surface area contributed by atoms with Gasteiger partial charge in [-0.3, -0.25) is 0 Å². The van der Waals surface area contributed by atoms with Crippen LogP contribution in [0.1, 0.15) is 31.9 Å². The Balaban J connectivity index is 3.23. The van der Waals surface area contributed by atoms with E-state index in [4.69, 9.17) is 5.26 Å². The van der Waals surface area contributed by atoms with Crippen molar-refractivity contribution in [1.29, 1.82) is 5.26 Å². The van der Waals surface area contributed by atoms with E-state index < -0.39 is 22.9 Å². The molecule has 0 amide bonds. The largest absolute Gasteiger partial charge is 0.417 e. The maximum absolute atomic E-state index is 12.9. The Hall–Kier alpha value is -1.74. The lowest BCUT2D eigenvalue weighted by Crippen LogP contribution is -2.38. The van der Waals surface area contributed by atoms with Crippen LogP contribution in [0, 0.1) is 11.3 Å². The van der Waals surface area contributed by atoms with E-state index in [0.717, 1.165) is 12.1 Å². The maximum Gasteiger partial charge on any atom is 0.417 e. The fourth-order valence-electron chi connectivity index (χ4n) is 1.91. The zero-order chi connectivity index (χ0) is 15.6. The fraction of sp³-hybridized carbons (Fsp3) is 0.500. The molecule has 6 heteroatoms. The van der Waals surface area contributed by atoms with Crippen molar-refractivity contribution >= 4 is 5.69 Å². The molecular formula is C14H17F3N2O. The predicted octanol–water partition coefficient (Wildman–Crippen LogP) is 3.17. The number of likely N-dealkylation sites (N-methyl/N-ethyl adjacent to an activating group) is 1. The maximum atomic E-state index is 12.9. The van der Waals surface area contributed by atoms with Crippen LogP contribution in [0.3, 0.4) is 0 Å². The Morgan fingerprint density at radius 3 is 2.30 bits per heavy atom. The van der Waals surface area contributed by atoms with Crippen molar-refractivity contribution in [2.45, 2.75) is 32.5 Å². The van der Waals surface area contributed by atoms with Crippen LogP contribution in [0.25, 0.3) is 0 Å². The fourth-order valence-corrected chi connectivity index (χ4v) is 1.91. The number of hydrogen-bond acceptors (Lipinski definition) is 3. The molecule has 0 heterocycles. The Morgan fingerprint density at radius 1 is 1.30 bits per heavy atom. The normalized spacial score (nSPS) is 12.1. The van der Waals surface area contributed by atoms with Crippen molar-refractivity contribution in [2.75, 3.05) is 18.0 Å². The summed E-state index contributed by atoms with van der Waals surface area (Å²) in [6.45, 7) is 5.62. The minimum Gasteiger partial charge on any atom is -0.389 e. The second-order valence-corrected chi connectivity index (χ2v) is 5.17. The topological polar surface area (TPSA) is 47.3 Å². The van der Waals surface area contributed by atoms with E-state index in [2.05, 4.69) is 0 Å². The Morgan fingerprint density at radius 2 is 1.90 bits per heavy atom. The summed E-state index contributed by atoms with van der Waals surface area (Å²) in [7, 11) is 0. The van der Waals surface area contributed by atoms with Gasteiger partial charge in [-0.1, -0.05) is 0 Å². The smallest absolute Gasteiger partial charge is 0.389 e. The molecule has 0 aromatic heterocycles. The van der Waals surface area contributed by atoms with Gasteiger partial charge in [-0.2, -0.15) is 18.4 Å².